The van der Waals surface area contributed by atoms with Gasteiger partial charge in [-0.05, 0) is 26.9 Å². The van der Waals surface area contributed by atoms with Gasteiger partial charge in [0.2, 0.25) is 0 Å². The van der Waals surface area contributed by atoms with Gasteiger partial charge in [0.05, 0.1) is 6.10 Å². The van der Waals surface area contributed by atoms with E-state index in [0.29, 0.717) is 12.6 Å². The quantitative estimate of drug-likeness (QED) is 0.617. The standard InChI is InChI=1S/C10H24N2O/c1-5-12(6-2)8-9(3)11-7-10(4)13/h9-11,13H,5-8H2,1-4H3/t9?,10-/m1/s1. The Kier molecular flexibility index (Phi) is 7.23. The molecule has 0 aliphatic carbocycles. The first kappa shape index (κ1) is 12.9. The van der Waals surface area contributed by atoms with Crippen molar-refractivity contribution in [3.8, 4) is 0 Å². The third-order valence-electron chi connectivity index (χ3n) is 2.19. The van der Waals surface area contributed by atoms with Crippen LogP contribution in [0.1, 0.15) is 27.7 Å². The third kappa shape index (κ3) is 6.99. The van der Waals surface area contributed by atoms with Crippen molar-refractivity contribution in [2.45, 2.75) is 39.8 Å². The van der Waals surface area contributed by atoms with Gasteiger partial charge in [-0.2, -0.15) is 0 Å². The molecule has 0 radical (unpaired) electrons. The van der Waals surface area contributed by atoms with E-state index in [1.807, 2.05) is 0 Å². The molecule has 0 rings (SSSR count). The molecule has 0 amide bonds. The van der Waals surface area contributed by atoms with Gasteiger partial charge in [-0.25, -0.2) is 0 Å². The maximum absolute atomic E-state index is 9.07. The van der Waals surface area contributed by atoms with Crippen LogP contribution in [0.2, 0.25) is 0 Å². The second kappa shape index (κ2) is 7.30. The van der Waals surface area contributed by atoms with Crippen LogP contribution in [-0.2, 0) is 0 Å². The van der Waals surface area contributed by atoms with E-state index in [9.17, 15) is 0 Å². The van der Waals surface area contributed by atoms with Crippen LogP contribution in [0.3, 0.4) is 0 Å². The van der Waals surface area contributed by atoms with Gasteiger partial charge in [0.25, 0.3) is 0 Å². The normalized spacial score (nSPS) is 16.2. The summed E-state index contributed by atoms with van der Waals surface area (Å²) in [6.45, 7) is 12.2. The van der Waals surface area contributed by atoms with Gasteiger partial charge < -0.3 is 15.3 Å². The lowest BCUT2D eigenvalue weighted by molar-refractivity contribution is 0.180. The predicted octanol–water partition coefficient (Wildman–Crippen LogP) is 0.687. The zero-order valence-electron chi connectivity index (χ0n) is 9.38. The number of nitrogens with zero attached hydrogens (tertiary/aromatic N) is 1. The Morgan fingerprint density at radius 1 is 1.23 bits per heavy atom. The van der Waals surface area contributed by atoms with Crippen LogP contribution in [0.15, 0.2) is 0 Å². The summed E-state index contributed by atoms with van der Waals surface area (Å²) in [5.41, 5.74) is 0. The van der Waals surface area contributed by atoms with Crippen LogP contribution >= 0.6 is 0 Å². The highest BCUT2D eigenvalue weighted by atomic mass is 16.3. The summed E-state index contributed by atoms with van der Waals surface area (Å²) in [4.78, 5) is 2.37. The molecule has 0 aromatic carbocycles. The summed E-state index contributed by atoms with van der Waals surface area (Å²) in [6, 6.07) is 0.453. The first-order valence-corrected chi connectivity index (χ1v) is 5.23. The second-order valence-electron chi connectivity index (χ2n) is 3.64. The van der Waals surface area contributed by atoms with Crippen LogP contribution < -0.4 is 5.32 Å². The molecule has 0 heterocycles. The van der Waals surface area contributed by atoms with E-state index in [1.165, 1.54) is 0 Å². The zero-order chi connectivity index (χ0) is 10.3. The lowest BCUT2D eigenvalue weighted by atomic mass is 10.3. The molecule has 3 heteroatoms. The van der Waals surface area contributed by atoms with Gasteiger partial charge in [-0.15, -0.1) is 0 Å². The van der Waals surface area contributed by atoms with Crippen LogP contribution in [0.25, 0.3) is 0 Å². The van der Waals surface area contributed by atoms with E-state index in [0.717, 1.165) is 19.6 Å². The zero-order valence-corrected chi connectivity index (χ0v) is 9.38. The summed E-state index contributed by atoms with van der Waals surface area (Å²) in [7, 11) is 0. The number of aliphatic hydroxyl groups is 1. The van der Waals surface area contributed by atoms with E-state index >= 15 is 0 Å². The van der Waals surface area contributed by atoms with Crippen molar-refractivity contribution in [3.63, 3.8) is 0 Å². The van der Waals surface area contributed by atoms with Crippen molar-refractivity contribution < 1.29 is 5.11 Å². The fraction of sp³-hybridized carbons (Fsp3) is 1.00. The molecule has 0 fully saturated rings. The summed E-state index contributed by atoms with van der Waals surface area (Å²) in [6.07, 6.45) is -0.251. The number of nitrogens with one attached hydrogen (secondary N) is 1. The molecule has 0 aliphatic rings. The molecular weight excluding hydrogens is 164 g/mol. The van der Waals surface area contributed by atoms with Gasteiger partial charge in [-0.1, -0.05) is 13.8 Å². The van der Waals surface area contributed by atoms with Crippen LogP contribution in [0.4, 0.5) is 0 Å². The van der Waals surface area contributed by atoms with Crippen LogP contribution in [0.5, 0.6) is 0 Å². The van der Waals surface area contributed by atoms with E-state index < -0.39 is 0 Å². The molecule has 0 aromatic heterocycles. The number of likely N-dealkylation sites (N-methyl/N-ethyl adjacent to an activating group) is 1. The summed E-state index contributed by atoms with van der Waals surface area (Å²) >= 11 is 0. The number of aliphatic hydroxyl groups excluding tert-OH is 1. The Morgan fingerprint density at radius 2 is 1.77 bits per heavy atom. The van der Waals surface area contributed by atoms with E-state index in [-0.39, 0.29) is 6.10 Å². The molecule has 80 valence electrons. The maximum Gasteiger partial charge on any atom is 0.0636 e. The lowest BCUT2D eigenvalue weighted by Gasteiger charge is -2.23. The smallest absolute Gasteiger partial charge is 0.0636 e. The maximum atomic E-state index is 9.07. The summed E-state index contributed by atoms with van der Waals surface area (Å²) in [5, 5.41) is 12.4. The van der Waals surface area contributed by atoms with Gasteiger partial charge in [0, 0.05) is 19.1 Å². The molecular formula is C10H24N2O. The van der Waals surface area contributed by atoms with E-state index in [1.54, 1.807) is 6.92 Å². The van der Waals surface area contributed by atoms with Gasteiger partial charge in [-0.3, -0.25) is 0 Å². The Bertz CT molecular complexity index is 113. The molecule has 1 unspecified atom stereocenters. The highest BCUT2D eigenvalue weighted by molar-refractivity contribution is 4.67. The fourth-order valence-corrected chi connectivity index (χ4v) is 1.31. The minimum Gasteiger partial charge on any atom is -0.392 e. The first-order valence-electron chi connectivity index (χ1n) is 5.23. The van der Waals surface area contributed by atoms with Crippen molar-refractivity contribution in [3.05, 3.63) is 0 Å². The van der Waals surface area contributed by atoms with Gasteiger partial charge in [0.1, 0.15) is 0 Å². The molecule has 0 saturated carbocycles. The molecule has 0 saturated heterocycles. The topological polar surface area (TPSA) is 35.5 Å². The first-order chi connectivity index (χ1) is 6.10. The molecule has 0 aliphatic heterocycles. The minimum atomic E-state index is -0.251. The lowest BCUT2D eigenvalue weighted by Crippen LogP contribution is -2.41. The van der Waals surface area contributed by atoms with Crippen molar-refractivity contribution >= 4 is 0 Å². The highest BCUT2D eigenvalue weighted by Crippen LogP contribution is 1.91. The molecule has 2 atom stereocenters. The van der Waals surface area contributed by atoms with Crippen molar-refractivity contribution in [1.29, 1.82) is 0 Å². The van der Waals surface area contributed by atoms with Crippen LogP contribution in [0, 0.1) is 0 Å². The van der Waals surface area contributed by atoms with Crippen LogP contribution in [-0.4, -0.2) is 48.3 Å². The molecule has 2 N–H and O–H groups in total. The summed E-state index contributed by atoms with van der Waals surface area (Å²) < 4.78 is 0. The predicted molar refractivity (Wildman–Crippen MR) is 56.9 cm³/mol. The average molecular weight is 188 g/mol. The second-order valence-corrected chi connectivity index (χ2v) is 3.64. The monoisotopic (exact) mass is 188 g/mol. The van der Waals surface area contributed by atoms with E-state index in [4.69, 9.17) is 5.11 Å². The van der Waals surface area contributed by atoms with Gasteiger partial charge in [0.15, 0.2) is 0 Å². The van der Waals surface area contributed by atoms with Crippen molar-refractivity contribution in [1.82, 2.24) is 10.2 Å². The van der Waals surface area contributed by atoms with Gasteiger partial charge >= 0.3 is 0 Å². The Balaban J connectivity index is 3.53. The van der Waals surface area contributed by atoms with E-state index in [2.05, 4.69) is 31.0 Å². The number of hydrogen-bond donors (Lipinski definition) is 2. The molecule has 0 spiro atoms. The molecule has 3 nitrogen and oxygen atoms in total. The molecule has 13 heavy (non-hydrogen) atoms. The highest BCUT2D eigenvalue weighted by Gasteiger charge is 2.06. The third-order valence-corrected chi connectivity index (χ3v) is 2.19. The largest absolute Gasteiger partial charge is 0.392 e. The Hall–Kier alpha value is -0.120. The number of rotatable bonds is 7. The SMILES string of the molecule is CCN(CC)CC(C)NC[C@@H](C)O. The fourth-order valence-electron chi connectivity index (χ4n) is 1.31. The summed E-state index contributed by atoms with van der Waals surface area (Å²) in [5.74, 6) is 0. The Morgan fingerprint density at radius 3 is 2.15 bits per heavy atom. The molecule has 0 bridgehead atoms. The number of hydrogen-bond acceptors (Lipinski definition) is 3. The molecule has 0 aromatic rings. The minimum absolute atomic E-state index is 0.251. The van der Waals surface area contributed by atoms with Crippen molar-refractivity contribution in [2.75, 3.05) is 26.2 Å². The average Bonchev–Trinajstić information content (AvgIpc) is 2.10. The Labute approximate surface area is 82.1 Å². The van der Waals surface area contributed by atoms with Crippen molar-refractivity contribution in [2.24, 2.45) is 0 Å².